The van der Waals surface area contributed by atoms with Gasteiger partial charge in [-0.2, -0.15) is 0 Å². The summed E-state index contributed by atoms with van der Waals surface area (Å²) in [5.74, 6) is 1.52. The number of aliphatic hydroxyl groups is 1. The van der Waals surface area contributed by atoms with Gasteiger partial charge in [-0.1, -0.05) is 11.6 Å². The average molecular weight is 376 g/mol. The lowest BCUT2D eigenvalue weighted by Crippen LogP contribution is -2.51. The van der Waals surface area contributed by atoms with Crippen molar-refractivity contribution in [3.63, 3.8) is 0 Å². The number of rotatable bonds is 7. The highest BCUT2D eigenvalue weighted by Gasteiger charge is 2.50. The zero-order valence-corrected chi connectivity index (χ0v) is 17.0. The van der Waals surface area contributed by atoms with Gasteiger partial charge < -0.3 is 19.3 Å². The Kier molecular flexibility index (Phi) is 6.45. The maximum Gasteiger partial charge on any atom is 0.161 e. The van der Waals surface area contributed by atoms with Crippen LogP contribution in [0.1, 0.15) is 45.1 Å². The molecule has 5 heteroatoms. The number of ether oxygens (including phenoxy) is 3. The number of methoxy groups -OCH3 is 2. The van der Waals surface area contributed by atoms with Gasteiger partial charge in [0.05, 0.1) is 18.8 Å². The van der Waals surface area contributed by atoms with Gasteiger partial charge in [-0.3, -0.25) is 4.90 Å². The Morgan fingerprint density at radius 2 is 2.07 bits per heavy atom. The molecule has 3 rings (SSSR count). The van der Waals surface area contributed by atoms with Crippen LogP contribution in [0.5, 0.6) is 11.5 Å². The van der Waals surface area contributed by atoms with E-state index in [1.54, 1.807) is 7.11 Å². The van der Waals surface area contributed by atoms with Crippen molar-refractivity contribution in [2.45, 2.75) is 63.8 Å². The summed E-state index contributed by atoms with van der Waals surface area (Å²) in [6.07, 6.45) is 5.42. The zero-order chi connectivity index (χ0) is 19.4. The first-order valence-electron chi connectivity index (χ1n) is 9.88. The Morgan fingerprint density at radius 1 is 1.26 bits per heavy atom. The largest absolute Gasteiger partial charge is 0.493 e. The molecule has 0 spiro atoms. The molecule has 1 aliphatic heterocycles. The molecule has 2 fully saturated rings. The van der Waals surface area contributed by atoms with Gasteiger partial charge in [0.25, 0.3) is 0 Å². The molecule has 0 aromatic heterocycles. The minimum atomic E-state index is -0.223. The number of hydrogen-bond donors (Lipinski definition) is 1. The van der Waals surface area contributed by atoms with Crippen LogP contribution in [0.3, 0.4) is 0 Å². The van der Waals surface area contributed by atoms with Gasteiger partial charge in [-0.25, -0.2) is 0 Å². The van der Waals surface area contributed by atoms with Gasteiger partial charge in [0.1, 0.15) is 6.61 Å². The van der Waals surface area contributed by atoms with E-state index in [4.69, 9.17) is 14.2 Å². The molecular weight excluding hydrogens is 342 g/mol. The van der Waals surface area contributed by atoms with E-state index in [0.717, 1.165) is 50.3 Å². The van der Waals surface area contributed by atoms with E-state index in [-0.39, 0.29) is 17.7 Å². The number of nitrogens with zero attached hydrogens (tertiary/aromatic N) is 1. The number of benzene rings is 1. The number of allylic oxidation sites excluding steroid dienone is 1. The number of fused-ring (bicyclic) bond motifs is 1. The Balaban J connectivity index is 1.71. The first-order valence-corrected chi connectivity index (χ1v) is 9.88. The molecule has 0 radical (unpaired) electrons. The van der Waals surface area contributed by atoms with E-state index in [1.165, 1.54) is 11.1 Å². The second kappa shape index (κ2) is 8.63. The smallest absolute Gasteiger partial charge is 0.161 e. The summed E-state index contributed by atoms with van der Waals surface area (Å²) < 4.78 is 17.3. The van der Waals surface area contributed by atoms with Gasteiger partial charge in [0.2, 0.25) is 0 Å². The second-order valence-electron chi connectivity index (χ2n) is 8.01. The topological polar surface area (TPSA) is 51.2 Å². The van der Waals surface area contributed by atoms with Crippen molar-refractivity contribution in [1.82, 2.24) is 4.90 Å². The molecule has 1 saturated carbocycles. The van der Waals surface area contributed by atoms with E-state index in [0.29, 0.717) is 6.61 Å². The molecule has 1 heterocycles. The third-order valence-electron chi connectivity index (χ3n) is 6.02. The van der Waals surface area contributed by atoms with Crippen LogP contribution < -0.4 is 9.47 Å². The van der Waals surface area contributed by atoms with Crippen molar-refractivity contribution in [2.24, 2.45) is 0 Å². The van der Waals surface area contributed by atoms with E-state index >= 15 is 0 Å². The van der Waals surface area contributed by atoms with Crippen LogP contribution in [0.15, 0.2) is 29.8 Å². The fraction of sp³-hybridized carbons (Fsp3) is 0.636. The first kappa shape index (κ1) is 20.2. The van der Waals surface area contributed by atoms with Crippen LogP contribution in [0.2, 0.25) is 0 Å². The van der Waals surface area contributed by atoms with Crippen molar-refractivity contribution in [2.75, 3.05) is 27.4 Å². The van der Waals surface area contributed by atoms with Crippen LogP contribution in [0.4, 0.5) is 0 Å². The maximum atomic E-state index is 10.2. The van der Waals surface area contributed by atoms with Gasteiger partial charge >= 0.3 is 0 Å². The molecule has 0 bridgehead atoms. The summed E-state index contributed by atoms with van der Waals surface area (Å²) in [5, 5.41) is 10.2. The number of hydrogen-bond acceptors (Lipinski definition) is 5. The predicted octanol–water partition coefficient (Wildman–Crippen LogP) is 3.54. The lowest BCUT2D eigenvalue weighted by atomic mass is 9.79. The SMILES string of the molecule is COc1cc(CN2CC[C@]3(OC)CC[C@H](O)C[C@H]23)ccc1OCC=C(C)C. The molecule has 0 amide bonds. The molecule has 27 heavy (non-hydrogen) atoms. The molecule has 5 nitrogen and oxygen atoms in total. The molecule has 1 aliphatic carbocycles. The van der Waals surface area contributed by atoms with Crippen LogP contribution in [-0.2, 0) is 11.3 Å². The van der Waals surface area contributed by atoms with Gasteiger partial charge in [0.15, 0.2) is 11.5 Å². The summed E-state index contributed by atoms with van der Waals surface area (Å²) in [5.41, 5.74) is 2.32. The third kappa shape index (κ3) is 4.48. The molecule has 1 aromatic carbocycles. The van der Waals surface area contributed by atoms with Crippen molar-refractivity contribution in [3.05, 3.63) is 35.4 Å². The van der Waals surface area contributed by atoms with Crippen molar-refractivity contribution >= 4 is 0 Å². The average Bonchev–Trinajstić information content (AvgIpc) is 3.01. The quantitative estimate of drug-likeness (QED) is 0.739. The Bertz CT molecular complexity index is 670. The fourth-order valence-corrected chi connectivity index (χ4v) is 4.42. The summed E-state index contributed by atoms with van der Waals surface area (Å²) in [6.45, 7) is 6.48. The van der Waals surface area contributed by atoms with Gasteiger partial charge in [0, 0.05) is 26.2 Å². The summed E-state index contributed by atoms with van der Waals surface area (Å²) in [6, 6.07) is 6.42. The Labute approximate surface area is 162 Å². The highest BCUT2D eigenvalue weighted by atomic mass is 16.5. The maximum absolute atomic E-state index is 10.2. The molecule has 3 atom stereocenters. The lowest BCUT2D eigenvalue weighted by molar-refractivity contribution is -0.0879. The Hall–Kier alpha value is -1.56. The van der Waals surface area contributed by atoms with Crippen LogP contribution in [0, 0.1) is 0 Å². The summed E-state index contributed by atoms with van der Waals surface area (Å²) in [7, 11) is 3.49. The number of likely N-dealkylation sites (tertiary alicyclic amines) is 1. The van der Waals surface area contributed by atoms with Crippen LogP contribution in [-0.4, -0.2) is 55.1 Å². The minimum absolute atomic E-state index is 0.100. The van der Waals surface area contributed by atoms with Crippen molar-refractivity contribution in [3.8, 4) is 11.5 Å². The molecular formula is C22H33NO4. The molecule has 0 unspecified atom stereocenters. The lowest BCUT2D eigenvalue weighted by Gasteiger charge is -2.42. The van der Waals surface area contributed by atoms with E-state index < -0.39 is 0 Å². The van der Waals surface area contributed by atoms with Crippen molar-refractivity contribution < 1.29 is 19.3 Å². The van der Waals surface area contributed by atoms with Gasteiger partial charge in [-0.05, 0) is 63.3 Å². The van der Waals surface area contributed by atoms with Crippen LogP contribution >= 0.6 is 0 Å². The Morgan fingerprint density at radius 3 is 2.78 bits per heavy atom. The minimum Gasteiger partial charge on any atom is -0.493 e. The highest BCUT2D eigenvalue weighted by molar-refractivity contribution is 5.43. The third-order valence-corrected chi connectivity index (χ3v) is 6.02. The van der Waals surface area contributed by atoms with E-state index in [1.807, 2.05) is 13.2 Å². The standard InChI is InChI=1S/C22H33NO4/c1-16(2)8-12-27-19-6-5-17(13-20(19)25-3)15-23-11-10-22(26-4)9-7-18(24)14-21(22)23/h5-6,8,13,18,21,24H,7,9-12,14-15H2,1-4H3/t18-,21-,22+/m0/s1. The fourth-order valence-electron chi connectivity index (χ4n) is 4.42. The van der Waals surface area contributed by atoms with E-state index in [9.17, 15) is 5.11 Å². The monoisotopic (exact) mass is 375 g/mol. The van der Waals surface area contributed by atoms with Crippen molar-refractivity contribution in [1.29, 1.82) is 0 Å². The zero-order valence-electron chi connectivity index (χ0n) is 17.0. The summed E-state index contributed by atoms with van der Waals surface area (Å²) in [4.78, 5) is 2.45. The predicted molar refractivity (Wildman–Crippen MR) is 106 cm³/mol. The molecule has 2 aliphatic rings. The molecule has 150 valence electrons. The van der Waals surface area contributed by atoms with Gasteiger partial charge in [-0.15, -0.1) is 0 Å². The second-order valence-corrected chi connectivity index (χ2v) is 8.01. The summed E-state index contributed by atoms with van der Waals surface area (Å²) >= 11 is 0. The van der Waals surface area contributed by atoms with Crippen LogP contribution in [0.25, 0.3) is 0 Å². The molecule has 1 saturated heterocycles. The number of aliphatic hydroxyl groups excluding tert-OH is 1. The van der Waals surface area contributed by atoms with E-state index in [2.05, 4.69) is 37.0 Å². The molecule has 1 aromatic rings. The molecule has 1 N–H and O–H groups in total. The first-order chi connectivity index (χ1) is 13.0. The normalized spacial score (nSPS) is 27.9. The highest BCUT2D eigenvalue weighted by Crippen LogP contribution is 2.43.